The number of carbonyl (C=O) groups excluding carboxylic acids is 1. The van der Waals surface area contributed by atoms with Gasteiger partial charge >= 0.3 is 5.97 Å². The Kier molecular flexibility index (Phi) is 6.58. The van der Waals surface area contributed by atoms with E-state index in [1.807, 2.05) is 75.4 Å². The quantitative estimate of drug-likeness (QED) is 0.339. The predicted octanol–water partition coefficient (Wildman–Crippen LogP) is 5.38. The second kappa shape index (κ2) is 9.73. The number of aryl methyl sites for hydroxylation is 1. The molecular formula is C26H27N3O4. The molecule has 33 heavy (non-hydrogen) atoms. The molecule has 4 rings (SSSR count). The highest BCUT2D eigenvalue weighted by Crippen LogP contribution is 2.23. The highest BCUT2D eigenvalue weighted by atomic mass is 16.5. The summed E-state index contributed by atoms with van der Waals surface area (Å²) < 4.78 is 18.4. The fourth-order valence-electron chi connectivity index (χ4n) is 3.51. The number of ether oxygens (including phenoxy) is 2. The van der Waals surface area contributed by atoms with Crippen LogP contribution in [0.15, 0.2) is 65.2 Å². The van der Waals surface area contributed by atoms with E-state index >= 15 is 0 Å². The molecule has 0 atom stereocenters. The standard InChI is InChI=1S/C26H27N3O4/c1-17(2)24-22(26(30)31-4)15-29(28-24)14-19-10-12-21(13-11-19)32-16-23-18(3)33-25(27-23)20-8-6-5-7-9-20/h5-13,15,17H,14,16H2,1-4H3. The van der Waals surface area contributed by atoms with Crippen LogP contribution in [0.2, 0.25) is 0 Å². The molecule has 0 aliphatic heterocycles. The molecule has 7 nitrogen and oxygen atoms in total. The molecule has 2 heterocycles. The second-order valence-corrected chi connectivity index (χ2v) is 8.09. The zero-order valence-electron chi connectivity index (χ0n) is 19.2. The molecule has 0 spiro atoms. The Bertz CT molecular complexity index is 1220. The van der Waals surface area contributed by atoms with Crippen molar-refractivity contribution in [2.75, 3.05) is 7.11 Å². The zero-order valence-corrected chi connectivity index (χ0v) is 19.2. The fourth-order valence-corrected chi connectivity index (χ4v) is 3.51. The van der Waals surface area contributed by atoms with Gasteiger partial charge in [0.15, 0.2) is 0 Å². The van der Waals surface area contributed by atoms with E-state index in [1.165, 1.54) is 7.11 Å². The predicted molar refractivity (Wildman–Crippen MR) is 124 cm³/mol. The van der Waals surface area contributed by atoms with Gasteiger partial charge in [0.2, 0.25) is 5.89 Å². The van der Waals surface area contributed by atoms with E-state index in [9.17, 15) is 4.79 Å². The van der Waals surface area contributed by atoms with Crippen LogP contribution in [0.5, 0.6) is 5.75 Å². The summed E-state index contributed by atoms with van der Waals surface area (Å²) in [5.74, 6) is 1.83. The van der Waals surface area contributed by atoms with Crippen LogP contribution in [-0.4, -0.2) is 27.8 Å². The van der Waals surface area contributed by atoms with Crippen LogP contribution >= 0.6 is 0 Å². The Balaban J connectivity index is 1.40. The number of aromatic nitrogens is 3. The summed E-state index contributed by atoms with van der Waals surface area (Å²) in [7, 11) is 1.38. The van der Waals surface area contributed by atoms with Gasteiger partial charge in [-0.3, -0.25) is 4.68 Å². The highest BCUT2D eigenvalue weighted by Gasteiger charge is 2.19. The summed E-state index contributed by atoms with van der Waals surface area (Å²) in [6, 6.07) is 17.6. The van der Waals surface area contributed by atoms with Gasteiger partial charge in [0.1, 0.15) is 29.4 Å². The maximum absolute atomic E-state index is 12.0. The van der Waals surface area contributed by atoms with Crippen LogP contribution in [0.25, 0.3) is 11.5 Å². The minimum Gasteiger partial charge on any atom is -0.487 e. The van der Waals surface area contributed by atoms with Gasteiger partial charge in [0, 0.05) is 11.8 Å². The lowest BCUT2D eigenvalue weighted by molar-refractivity contribution is 0.0599. The van der Waals surface area contributed by atoms with Gasteiger partial charge in [0.05, 0.1) is 19.3 Å². The lowest BCUT2D eigenvalue weighted by atomic mass is 10.1. The maximum atomic E-state index is 12.0. The lowest BCUT2D eigenvalue weighted by Gasteiger charge is -2.07. The van der Waals surface area contributed by atoms with E-state index < -0.39 is 0 Å². The third kappa shape index (κ3) is 5.14. The number of hydrogen-bond acceptors (Lipinski definition) is 6. The normalized spacial score (nSPS) is 11.1. The van der Waals surface area contributed by atoms with Crippen LogP contribution < -0.4 is 4.74 Å². The summed E-state index contributed by atoms with van der Waals surface area (Å²) in [6.07, 6.45) is 1.74. The summed E-state index contributed by atoms with van der Waals surface area (Å²) in [6.45, 7) is 6.76. The number of rotatable bonds is 8. The molecule has 0 aliphatic rings. The maximum Gasteiger partial charge on any atom is 0.341 e. The van der Waals surface area contributed by atoms with Crippen LogP contribution in [0.1, 0.15) is 52.8 Å². The fraction of sp³-hybridized carbons (Fsp3) is 0.269. The smallest absolute Gasteiger partial charge is 0.341 e. The van der Waals surface area contributed by atoms with Crippen LogP contribution in [-0.2, 0) is 17.9 Å². The Morgan fingerprint density at radius 2 is 1.82 bits per heavy atom. The van der Waals surface area contributed by atoms with Gasteiger partial charge in [-0.25, -0.2) is 9.78 Å². The first-order chi connectivity index (χ1) is 15.9. The molecular weight excluding hydrogens is 418 g/mol. The SMILES string of the molecule is COC(=O)c1cn(Cc2ccc(OCc3nc(-c4ccccc4)oc3C)cc2)nc1C(C)C. The molecule has 2 aromatic heterocycles. The first-order valence-corrected chi connectivity index (χ1v) is 10.8. The third-order valence-corrected chi connectivity index (χ3v) is 5.30. The lowest BCUT2D eigenvalue weighted by Crippen LogP contribution is -2.04. The van der Waals surface area contributed by atoms with Crippen molar-refractivity contribution < 1.29 is 18.7 Å². The molecule has 0 saturated heterocycles. The zero-order chi connectivity index (χ0) is 23.4. The van der Waals surface area contributed by atoms with Crippen molar-refractivity contribution in [3.05, 3.63) is 89.1 Å². The van der Waals surface area contributed by atoms with E-state index in [2.05, 4.69) is 10.1 Å². The summed E-state index contributed by atoms with van der Waals surface area (Å²) in [4.78, 5) is 16.6. The molecule has 0 N–H and O–H groups in total. The van der Waals surface area contributed by atoms with Gasteiger partial charge in [-0.1, -0.05) is 44.2 Å². The molecule has 0 radical (unpaired) electrons. The Labute approximate surface area is 193 Å². The van der Waals surface area contributed by atoms with Crippen molar-refractivity contribution in [3.8, 4) is 17.2 Å². The van der Waals surface area contributed by atoms with Crippen molar-refractivity contribution in [1.29, 1.82) is 0 Å². The van der Waals surface area contributed by atoms with E-state index in [4.69, 9.17) is 13.9 Å². The molecule has 0 unspecified atom stereocenters. The molecule has 2 aromatic carbocycles. The summed E-state index contributed by atoms with van der Waals surface area (Å²) in [5, 5.41) is 4.58. The summed E-state index contributed by atoms with van der Waals surface area (Å²) >= 11 is 0. The number of benzene rings is 2. The van der Waals surface area contributed by atoms with Crippen LogP contribution in [0, 0.1) is 6.92 Å². The average Bonchev–Trinajstić information content (AvgIpc) is 3.42. The highest BCUT2D eigenvalue weighted by molar-refractivity contribution is 5.90. The molecule has 7 heteroatoms. The topological polar surface area (TPSA) is 79.4 Å². The molecule has 4 aromatic rings. The van der Waals surface area contributed by atoms with Crippen molar-refractivity contribution in [2.45, 2.75) is 39.8 Å². The minimum absolute atomic E-state index is 0.124. The number of methoxy groups -OCH3 is 1. The number of oxazole rings is 1. The van der Waals surface area contributed by atoms with Gasteiger partial charge in [0.25, 0.3) is 0 Å². The van der Waals surface area contributed by atoms with Crippen molar-refractivity contribution in [1.82, 2.24) is 14.8 Å². The molecule has 170 valence electrons. The van der Waals surface area contributed by atoms with Crippen molar-refractivity contribution in [3.63, 3.8) is 0 Å². The first kappa shape index (κ1) is 22.3. The van der Waals surface area contributed by atoms with Gasteiger partial charge < -0.3 is 13.9 Å². The van der Waals surface area contributed by atoms with Gasteiger partial charge in [-0.05, 0) is 42.7 Å². The largest absolute Gasteiger partial charge is 0.487 e. The number of nitrogens with zero attached hydrogens (tertiary/aromatic N) is 3. The van der Waals surface area contributed by atoms with Crippen LogP contribution in [0.4, 0.5) is 0 Å². The van der Waals surface area contributed by atoms with E-state index in [-0.39, 0.29) is 11.9 Å². The molecule has 0 saturated carbocycles. The van der Waals surface area contributed by atoms with E-state index in [0.717, 1.165) is 34.0 Å². The molecule has 0 bridgehead atoms. The van der Waals surface area contributed by atoms with E-state index in [0.29, 0.717) is 24.6 Å². The Morgan fingerprint density at radius 1 is 1.09 bits per heavy atom. The molecule has 0 aliphatic carbocycles. The molecule has 0 fully saturated rings. The van der Waals surface area contributed by atoms with Gasteiger partial charge in [-0.2, -0.15) is 5.10 Å². The van der Waals surface area contributed by atoms with Crippen LogP contribution in [0.3, 0.4) is 0 Å². The average molecular weight is 446 g/mol. The van der Waals surface area contributed by atoms with Gasteiger partial charge in [-0.15, -0.1) is 0 Å². The number of carbonyl (C=O) groups is 1. The minimum atomic E-state index is -0.368. The second-order valence-electron chi connectivity index (χ2n) is 8.09. The third-order valence-electron chi connectivity index (χ3n) is 5.30. The van der Waals surface area contributed by atoms with Crippen molar-refractivity contribution in [2.24, 2.45) is 0 Å². The first-order valence-electron chi connectivity index (χ1n) is 10.8. The number of esters is 1. The monoisotopic (exact) mass is 445 g/mol. The Hall–Kier alpha value is -3.87. The molecule has 0 amide bonds. The Morgan fingerprint density at radius 3 is 2.48 bits per heavy atom. The van der Waals surface area contributed by atoms with E-state index in [1.54, 1.807) is 10.9 Å². The number of hydrogen-bond donors (Lipinski definition) is 0. The van der Waals surface area contributed by atoms with Crippen molar-refractivity contribution >= 4 is 5.97 Å². The summed E-state index contributed by atoms with van der Waals surface area (Å²) in [5.41, 5.74) is 3.99.